The van der Waals surface area contributed by atoms with E-state index >= 15 is 0 Å². The zero-order chi connectivity index (χ0) is 44.7. The summed E-state index contributed by atoms with van der Waals surface area (Å²) < 4.78 is 15.8. The number of fused-ring (bicyclic) bond motifs is 10. The van der Waals surface area contributed by atoms with Gasteiger partial charge in [0.2, 0.25) is 0 Å². The molecule has 0 aliphatic heterocycles. The highest BCUT2D eigenvalue weighted by Gasteiger charge is 2.22. The maximum absolute atomic E-state index is 6.81. The molecule has 14 rings (SSSR count). The molecule has 11 aromatic carbocycles. The Kier molecular flexibility index (Phi) is 8.55. The van der Waals surface area contributed by atoms with Crippen molar-refractivity contribution in [2.45, 2.75) is 0 Å². The maximum atomic E-state index is 6.81. The van der Waals surface area contributed by atoms with Crippen molar-refractivity contribution in [3.8, 4) is 39.1 Å². The van der Waals surface area contributed by atoms with Crippen LogP contribution in [0.1, 0.15) is 0 Å². The van der Waals surface area contributed by atoms with Gasteiger partial charge in [-0.3, -0.25) is 0 Å². The molecule has 0 amide bonds. The van der Waals surface area contributed by atoms with Crippen molar-refractivity contribution in [3.63, 3.8) is 0 Å². The van der Waals surface area contributed by atoms with E-state index in [0.29, 0.717) is 0 Å². The van der Waals surface area contributed by atoms with Crippen LogP contribution >= 0.6 is 0 Å². The van der Waals surface area contributed by atoms with E-state index in [1.165, 1.54) is 38.1 Å². The summed E-state index contributed by atoms with van der Waals surface area (Å²) in [5.74, 6) is 0. The van der Waals surface area contributed by atoms with Crippen LogP contribution in [0.3, 0.4) is 0 Å². The fourth-order valence-corrected chi connectivity index (χ4v) is 10.6. The van der Waals surface area contributed by atoms with Gasteiger partial charge in [0.15, 0.2) is 0 Å². The van der Waals surface area contributed by atoms with Gasteiger partial charge < -0.3 is 18.3 Å². The first-order valence-electron chi connectivity index (χ1n) is 23.1. The number of aromatic nitrogens is 1. The van der Waals surface area contributed by atoms with Gasteiger partial charge in [-0.1, -0.05) is 164 Å². The quantitative estimate of drug-likeness (QED) is 0.160. The molecule has 0 bridgehead atoms. The second kappa shape index (κ2) is 15.2. The number of hydrogen-bond acceptors (Lipinski definition) is 3. The molecule has 0 aliphatic rings. The zero-order valence-corrected chi connectivity index (χ0v) is 36.8. The summed E-state index contributed by atoms with van der Waals surface area (Å²) in [6, 6.07) is 87.0. The number of anilines is 3. The van der Waals surface area contributed by atoms with Crippen LogP contribution in [0.5, 0.6) is 0 Å². The fourth-order valence-electron chi connectivity index (χ4n) is 10.6. The SMILES string of the molecule is c1cc(-c2cccc3c2oc2ccccc23)cc(N(c2ccc(-c3ccc4ccccc4c3)cc2)c2cc(-c3ccc(-n4c5ccccc5c5ccccc54)cc3)c3oc4ccccc4c3c2)c1. The van der Waals surface area contributed by atoms with Crippen LogP contribution in [0.15, 0.2) is 251 Å². The van der Waals surface area contributed by atoms with Gasteiger partial charge in [-0.25, -0.2) is 0 Å². The van der Waals surface area contributed by atoms with E-state index < -0.39 is 0 Å². The van der Waals surface area contributed by atoms with Crippen LogP contribution in [-0.4, -0.2) is 4.57 Å². The number of rotatable bonds is 7. The van der Waals surface area contributed by atoms with E-state index in [9.17, 15) is 0 Å². The zero-order valence-electron chi connectivity index (χ0n) is 36.8. The Balaban J connectivity index is 0.958. The Bertz CT molecular complexity index is 4210. The minimum absolute atomic E-state index is 0.856. The van der Waals surface area contributed by atoms with Crippen molar-refractivity contribution in [1.29, 1.82) is 0 Å². The lowest BCUT2D eigenvalue weighted by Crippen LogP contribution is -2.10. The monoisotopic (exact) mass is 868 g/mol. The van der Waals surface area contributed by atoms with Gasteiger partial charge in [-0.2, -0.15) is 0 Å². The molecule has 0 atom stereocenters. The van der Waals surface area contributed by atoms with E-state index in [0.717, 1.165) is 94.4 Å². The first-order chi connectivity index (χ1) is 33.7. The van der Waals surface area contributed by atoms with E-state index in [1.807, 2.05) is 18.2 Å². The first-order valence-corrected chi connectivity index (χ1v) is 23.1. The van der Waals surface area contributed by atoms with Crippen LogP contribution in [0.2, 0.25) is 0 Å². The summed E-state index contributed by atoms with van der Waals surface area (Å²) in [5, 5.41) is 9.30. The average Bonchev–Trinajstić information content (AvgIpc) is 4.09. The molecule has 0 N–H and O–H groups in total. The Morgan fingerprint density at radius 3 is 1.60 bits per heavy atom. The standard InChI is InChI=1S/C64H40N2O2/c1-2-14-44-37-45(28-27-41(44)13-1)42-29-33-47(34-30-42)65(49-16-11-15-46(38-49)51-21-12-22-56-54-19-5-9-25-61(54)67-63(51)56)50-39-57(64-58(40-50)55-20-6-10-26-62(55)68-64)43-31-35-48(36-32-43)66-59-23-7-3-17-52(59)53-18-4-8-24-60(53)66/h1-40H. The highest BCUT2D eigenvalue weighted by atomic mass is 16.3. The molecule has 0 unspecified atom stereocenters. The molecule has 3 aromatic heterocycles. The van der Waals surface area contributed by atoms with Crippen LogP contribution in [-0.2, 0) is 0 Å². The van der Waals surface area contributed by atoms with Crippen LogP contribution in [0, 0.1) is 0 Å². The summed E-state index contributed by atoms with van der Waals surface area (Å²) in [6.07, 6.45) is 0. The van der Waals surface area contributed by atoms with Gasteiger partial charge in [0.25, 0.3) is 0 Å². The van der Waals surface area contributed by atoms with Crippen molar-refractivity contribution >= 4 is 93.5 Å². The molecule has 0 aliphatic carbocycles. The molecule has 68 heavy (non-hydrogen) atoms. The molecule has 0 saturated heterocycles. The van der Waals surface area contributed by atoms with E-state index in [-0.39, 0.29) is 0 Å². The average molecular weight is 869 g/mol. The third-order valence-corrected chi connectivity index (χ3v) is 13.8. The smallest absolute Gasteiger partial charge is 0.143 e. The van der Waals surface area contributed by atoms with Crippen molar-refractivity contribution in [3.05, 3.63) is 243 Å². The summed E-state index contributed by atoms with van der Waals surface area (Å²) in [4.78, 5) is 2.38. The van der Waals surface area contributed by atoms with Crippen molar-refractivity contribution in [2.75, 3.05) is 4.90 Å². The van der Waals surface area contributed by atoms with E-state index in [1.54, 1.807) is 0 Å². The normalized spacial score (nSPS) is 11.8. The Morgan fingerprint density at radius 1 is 0.294 bits per heavy atom. The topological polar surface area (TPSA) is 34.5 Å². The molecule has 4 nitrogen and oxygen atoms in total. The minimum atomic E-state index is 0.856. The molecule has 14 aromatic rings. The minimum Gasteiger partial charge on any atom is -0.455 e. The summed E-state index contributed by atoms with van der Waals surface area (Å²) in [5.41, 5.74) is 16.6. The summed E-state index contributed by atoms with van der Waals surface area (Å²) >= 11 is 0. The van der Waals surface area contributed by atoms with Crippen molar-refractivity contribution < 1.29 is 8.83 Å². The van der Waals surface area contributed by atoms with Gasteiger partial charge in [-0.05, 0) is 112 Å². The van der Waals surface area contributed by atoms with Gasteiger partial charge in [0.1, 0.15) is 22.3 Å². The lowest BCUT2D eigenvalue weighted by atomic mass is 9.98. The largest absolute Gasteiger partial charge is 0.455 e. The van der Waals surface area contributed by atoms with Crippen molar-refractivity contribution in [1.82, 2.24) is 4.57 Å². The number of furan rings is 2. The van der Waals surface area contributed by atoms with Crippen LogP contribution in [0.4, 0.5) is 17.1 Å². The number of nitrogens with zero attached hydrogens (tertiary/aromatic N) is 2. The van der Waals surface area contributed by atoms with Crippen LogP contribution < -0.4 is 4.90 Å². The number of hydrogen-bond donors (Lipinski definition) is 0. The molecule has 0 saturated carbocycles. The van der Waals surface area contributed by atoms with Crippen LogP contribution in [0.25, 0.3) is 116 Å². The van der Waals surface area contributed by atoms with Gasteiger partial charge in [-0.15, -0.1) is 0 Å². The van der Waals surface area contributed by atoms with Gasteiger partial charge in [0, 0.05) is 66.2 Å². The highest BCUT2D eigenvalue weighted by molar-refractivity contribution is 6.13. The molecule has 318 valence electrons. The third-order valence-electron chi connectivity index (χ3n) is 13.8. The molecule has 3 heterocycles. The Morgan fingerprint density at radius 2 is 0.868 bits per heavy atom. The highest BCUT2D eigenvalue weighted by Crippen LogP contribution is 2.46. The first kappa shape index (κ1) is 38.2. The van der Waals surface area contributed by atoms with Gasteiger partial charge >= 0.3 is 0 Å². The molecular formula is C64H40N2O2. The van der Waals surface area contributed by atoms with Gasteiger partial charge in [0.05, 0.1) is 11.0 Å². The molecular weight excluding hydrogens is 829 g/mol. The molecule has 0 radical (unpaired) electrons. The Labute approximate surface area is 391 Å². The third kappa shape index (κ3) is 6.08. The number of para-hydroxylation sites is 5. The van der Waals surface area contributed by atoms with Crippen molar-refractivity contribution in [2.24, 2.45) is 0 Å². The second-order valence-electron chi connectivity index (χ2n) is 17.7. The fraction of sp³-hybridized carbons (Fsp3) is 0. The predicted molar refractivity (Wildman–Crippen MR) is 284 cm³/mol. The summed E-state index contributed by atoms with van der Waals surface area (Å²) in [7, 11) is 0. The second-order valence-corrected chi connectivity index (χ2v) is 17.7. The molecule has 0 spiro atoms. The van der Waals surface area contributed by atoms with E-state index in [4.69, 9.17) is 8.83 Å². The summed E-state index contributed by atoms with van der Waals surface area (Å²) in [6.45, 7) is 0. The lowest BCUT2D eigenvalue weighted by molar-refractivity contribution is 0.669. The molecule has 4 heteroatoms. The number of benzene rings is 11. The lowest BCUT2D eigenvalue weighted by Gasteiger charge is -2.27. The Hall–Kier alpha value is -9.12. The maximum Gasteiger partial charge on any atom is 0.143 e. The predicted octanol–water partition coefficient (Wildman–Crippen LogP) is 18.2. The van der Waals surface area contributed by atoms with E-state index in [2.05, 4.69) is 234 Å². The molecule has 0 fully saturated rings.